The highest BCUT2D eigenvalue weighted by Gasteiger charge is 2.31. The van der Waals surface area contributed by atoms with E-state index in [1.807, 2.05) is 0 Å². The summed E-state index contributed by atoms with van der Waals surface area (Å²) in [5.41, 5.74) is 5.68. The maximum Gasteiger partial charge on any atom is 0.246 e. The molecule has 0 unspecified atom stereocenters. The fourth-order valence-corrected chi connectivity index (χ4v) is 4.01. The van der Waals surface area contributed by atoms with Gasteiger partial charge in [-0.3, -0.25) is 0 Å². The summed E-state index contributed by atoms with van der Waals surface area (Å²) in [5.74, 6) is -0.449. The van der Waals surface area contributed by atoms with Gasteiger partial charge in [-0.05, 0) is 30.9 Å². The molecule has 1 heterocycles. The summed E-state index contributed by atoms with van der Waals surface area (Å²) in [4.78, 5) is -0.438. The molecule has 0 aromatic heterocycles. The zero-order valence-electron chi connectivity index (χ0n) is 10.6. The van der Waals surface area contributed by atoms with Gasteiger partial charge in [-0.1, -0.05) is 18.5 Å². The molecule has 1 fully saturated rings. The first-order valence-electron chi connectivity index (χ1n) is 6.07. The molecule has 0 spiro atoms. The van der Waals surface area contributed by atoms with E-state index in [0.717, 1.165) is 18.9 Å². The number of benzene rings is 1. The average molecular weight is 307 g/mol. The molecule has 1 aromatic rings. The number of hydrogen-bond acceptors (Lipinski definition) is 3. The first-order valence-corrected chi connectivity index (χ1v) is 7.89. The summed E-state index contributed by atoms with van der Waals surface area (Å²) >= 11 is 5.65. The van der Waals surface area contributed by atoms with Gasteiger partial charge in [0.2, 0.25) is 10.0 Å². The molecule has 4 nitrogen and oxygen atoms in total. The minimum Gasteiger partial charge on any atom is -0.399 e. The van der Waals surface area contributed by atoms with Gasteiger partial charge in [0.05, 0.1) is 5.02 Å². The minimum atomic E-state index is -3.87. The van der Waals surface area contributed by atoms with Crippen molar-refractivity contribution in [3.05, 3.63) is 23.0 Å². The smallest absolute Gasteiger partial charge is 0.246 e. The quantitative estimate of drug-likeness (QED) is 0.854. The lowest BCUT2D eigenvalue weighted by Gasteiger charge is -2.29. The minimum absolute atomic E-state index is 0.135. The molecule has 2 rings (SSSR count). The molecular formula is C12H16ClFN2O2S. The summed E-state index contributed by atoms with van der Waals surface area (Å²) in [6, 6.07) is 2.32. The van der Waals surface area contributed by atoms with E-state index >= 15 is 0 Å². The monoisotopic (exact) mass is 306 g/mol. The van der Waals surface area contributed by atoms with E-state index in [-0.39, 0.29) is 10.7 Å². The summed E-state index contributed by atoms with van der Waals surface area (Å²) in [6.45, 7) is 2.87. The van der Waals surface area contributed by atoms with E-state index < -0.39 is 20.7 Å². The largest absolute Gasteiger partial charge is 0.399 e. The molecule has 1 aliphatic rings. The van der Waals surface area contributed by atoms with Gasteiger partial charge in [-0.25, -0.2) is 12.8 Å². The van der Waals surface area contributed by atoms with Gasteiger partial charge in [0, 0.05) is 18.8 Å². The number of piperidine rings is 1. The molecule has 1 saturated heterocycles. The Morgan fingerprint density at radius 1 is 1.37 bits per heavy atom. The fourth-order valence-electron chi connectivity index (χ4n) is 2.14. The summed E-state index contributed by atoms with van der Waals surface area (Å²) in [6.07, 6.45) is 1.55. The van der Waals surface area contributed by atoms with Gasteiger partial charge < -0.3 is 5.73 Å². The highest BCUT2D eigenvalue weighted by Crippen LogP contribution is 2.30. The van der Waals surface area contributed by atoms with Crippen LogP contribution in [0.2, 0.25) is 5.02 Å². The molecule has 7 heteroatoms. The van der Waals surface area contributed by atoms with Crippen LogP contribution in [-0.4, -0.2) is 25.8 Å². The summed E-state index contributed by atoms with van der Waals surface area (Å²) in [5, 5.41) is -0.274. The Kier molecular flexibility index (Phi) is 4.03. The predicted molar refractivity (Wildman–Crippen MR) is 73.0 cm³/mol. The van der Waals surface area contributed by atoms with Crippen LogP contribution < -0.4 is 5.73 Å². The van der Waals surface area contributed by atoms with Crippen LogP contribution in [0.25, 0.3) is 0 Å². The Bertz CT molecular complexity index is 584. The molecule has 106 valence electrons. The zero-order chi connectivity index (χ0) is 14.2. The van der Waals surface area contributed by atoms with Gasteiger partial charge in [0.1, 0.15) is 4.90 Å². The van der Waals surface area contributed by atoms with Crippen LogP contribution in [0.15, 0.2) is 17.0 Å². The maximum atomic E-state index is 13.9. The van der Waals surface area contributed by atoms with Crippen LogP contribution in [0.4, 0.5) is 10.1 Å². The van der Waals surface area contributed by atoms with Crippen molar-refractivity contribution in [2.24, 2.45) is 5.92 Å². The Hall–Kier alpha value is -0.850. The molecule has 0 bridgehead atoms. The number of nitrogens with two attached hydrogens (primary N) is 1. The predicted octanol–water partition coefficient (Wildman–Crippen LogP) is 2.48. The Morgan fingerprint density at radius 3 is 2.53 bits per heavy atom. The normalized spacial score (nSPS) is 18.7. The second-order valence-corrected chi connectivity index (χ2v) is 7.22. The van der Waals surface area contributed by atoms with E-state index in [2.05, 4.69) is 6.92 Å². The highest BCUT2D eigenvalue weighted by molar-refractivity contribution is 7.89. The third-order valence-electron chi connectivity index (χ3n) is 3.38. The number of anilines is 1. The lowest BCUT2D eigenvalue weighted by Crippen LogP contribution is -2.38. The molecular weight excluding hydrogens is 291 g/mol. The molecule has 19 heavy (non-hydrogen) atoms. The van der Waals surface area contributed by atoms with E-state index in [1.54, 1.807) is 0 Å². The third-order valence-corrected chi connectivity index (χ3v) is 5.55. The Labute approximate surface area is 117 Å². The topological polar surface area (TPSA) is 63.4 Å². The van der Waals surface area contributed by atoms with Crippen molar-refractivity contribution in [1.82, 2.24) is 4.31 Å². The van der Waals surface area contributed by atoms with Crippen LogP contribution in [0, 0.1) is 11.7 Å². The SMILES string of the molecule is CC1CCN(S(=O)(=O)c2cc(N)cc(Cl)c2F)CC1. The van der Waals surface area contributed by atoms with E-state index in [0.29, 0.717) is 19.0 Å². The number of nitrogen functional groups attached to an aromatic ring is 1. The standard InChI is InChI=1S/C12H16ClFN2O2S/c1-8-2-4-16(5-3-8)19(17,18)11-7-9(15)6-10(13)12(11)14/h6-8H,2-5,15H2,1H3. The van der Waals surface area contributed by atoms with Crippen molar-refractivity contribution >= 4 is 27.3 Å². The van der Waals surface area contributed by atoms with Gasteiger partial charge in [0.25, 0.3) is 0 Å². The van der Waals surface area contributed by atoms with Crippen molar-refractivity contribution in [3.8, 4) is 0 Å². The van der Waals surface area contributed by atoms with Crippen LogP contribution in [0.1, 0.15) is 19.8 Å². The van der Waals surface area contributed by atoms with Crippen molar-refractivity contribution in [1.29, 1.82) is 0 Å². The molecule has 0 amide bonds. The first-order chi connectivity index (χ1) is 8.82. The zero-order valence-corrected chi connectivity index (χ0v) is 12.1. The number of rotatable bonds is 2. The van der Waals surface area contributed by atoms with Crippen LogP contribution in [0.5, 0.6) is 0 Å². The number of hydrogen-bond donors (Lipinski definition) is 1. The lowest BCUT2D eigenvalue weighted by atomic mass is 10.0. The Balaban J connectivity index is 2.40. The van der Waals surface area contributed by atoms with Gasteiger partial charge >= 0.3 is 0 Å². The van der Waals surface area contributed by atoms with Crippen molar-refractivity contribution in [2.75, 3.05) is 18.8 Å². The van der Waals surface area contributed by atoms with Crippen molar-refractivity contribution < 1.29 is 12.8 Å². The molecule has 0 saturated carbocycles. The molecule has 0 radical (unpaired) electrons. The lowest BCUT2D eigenvalue weighted by molar-refractivity contribution is 0.287. The highest BCUT2D eigenvalue weighted by atomic mass is 35.5. The summed E-state index contributed by atoms with van der Waals surface area (Å²) < 4.78 is 40.0. The molecule has 0 atom stereocenters. The van der Waals surface area contributed by atoms with E-state index in [4.69, 9.17) is 17.3 Å². The van der Waals surface area contributed by atoms with Crippen molar-refractivity contribution in [3.63, 3.8) is 0 Å². The number of halogens is 2. The van der Waals surface area contributed by atoms with Crippen LogP contribution in [0.3, 0.4) is 0 Å². The maximum absolute atomic E-state index is 13.9. The fraction of sp³-hybridized carbons (Fsp3) is 0.500. The molecule has 1 aliphatic heterocycles. The number of sulfonamides is 1. The second-order valence-electron chi connectivity index (χ2n) is 4.90. The third kappa shape index (κ3) is 2.85. The summed E-state index contributed by atoms with van der Waals surface area (Å²) in [7, 11) is -3.87. The van der Waals surface area contributed by atoms with Crippen LogP contribution in [-0.2, 0) is 10.0 Å². The van der Waals surface area contributed by atoms with Gasteiger partial charge in [0.15, 0.2) is 5.82 Å². The second kappa shape index (κ2) is 5.26. The van der Waals surface area contributed by atoms with Crippen molar-refractivity contribution in [2.45, 2.75) is 24.7 Å². The Morgan fingerprint density at radius 2 is 1.95 bits per heavy atom. The van der Waals surface area contributed by atoms with E-state index in [1.165, 1.54) is 10.4 Å². The molecule has 1 aromatic carbocycles. The average Bonchev–Trinajstić information content (AvgIpc) is 2.34. The van der Waals surface area contributed by atoms with Gasteiger partial charge in [-0.2, -0.15) is 4.31 Å². The van der Waals surface area contributed by atoms with Crippen LogP contribution >= 0.6 is 11.6 Å². The van der Waals surface area contributed by atoms with E-state index in [9.17, 15) is 12.8 Å². The first kappa shape index (κ1) is 14.6. The molecule has 0 aliphatic carbocycles. The van der Waals surface area contributed by atoms with Gasteiger partial charge in [-0.15, -0.1) is 0 Å². The number of nitrogens with zero attached hydrogens (tertiary/aromatic N) is 1. The molecule has 2 N–H and O–H groups in total.